The second-order valence-electron chi connectivity index (χ2n) is 11.2. The van der Waals surface area contributed by atoms with E-state index >= 15 is 4.39 Å². The van der Waals surface area contributed by atoms with Gasteiger partial charge in [0.2, 0.25) is 5.91 Å². The molecule has 1 amide bonds. The Morgan fingerprint density at radius 3 is 2.73 bits per heavy atom. The molecule has 2 N–H and O–H groups in total. The number of carboxylic acids is 1. The number of hydrogen-bond donors (Lipinski definition) is 2. The van der Waals surface area contributed by atoms with Gasteiger partial charge in [-0.1, -0.05) is 42.8 Å². The lowest BCUT2D eigenvalue weighted by atomic mass is 9.74. The number of hydrogen-bond acceptors (Lipinski definition) is 5. The van der Waals surface area contributed by atoms with Crippen LogP contribution in [-0.4, -0.2) is 49.2 Å². The van der Waals surface area contributed by atoms with Gasteiger partial charge in [-0.05, 0) is 49.1 Å². The molecule has 5 heterocycles. The number of carbonyl (C=O) groups excluding carboxylic acids is 1. The minimum atomic E-state index is -1.23. The van der Waals surface area contributed by atoms with E-state index in [1.54, 1.807) is 36.4 Å². The highest BCUT2D eigenvalue weighted by Crippen LogP contribution is 2.64. The summed E-state index contributed by atoms with van der Waals surface area (Å²) in [4.78, 5) is 32.2. The van der Waals surface area contributed by atoms with Crippen LogP contribution in [0.1, 0.15) is 59.4 Å². The first-order valence-corrected chi connectivity index (χ1v) is 14.0. The Bertz CT molecular complexity index is 1790. The summed E-state index contributed by atoms with van der Waals surface area (Å²) in [7, 11) is 0. The largest absolute Gasteiger partial charge is 0.478 e. The number of nitrogens with one attached hydrogen (secondary N) is 1. The third-order valence-electron chi connectivity index (χ3n) is 9.12. The zero-order valence-corrected chi connectivity index (χ0v) is 22.5. The van der Waals surface area contributed by atoms with Crippen molar-refractivity contribution in [2.45, 2.75) is 50.2 Å². The summed E-state index contributed by atoms with van der Waals surface area (Å²) < 4.78 is 17.9. The van der Waals surface area contributed by atoms with E-state index in [0.29, 0.717) is 40.7 Å². The fourth-order valence-corrected chi connectivity index (χ4v) is 7.73. The highest BCUT2D eigenvalue weighted by molar-refractivity contribution is 6.31. The lowest BCUT2D eigenvalue weighted by Crippen LogP contribution is -2.53. The number of carbonyl (C=O) groups is 2. The summed E-state index contributed by atoms with van der Waals surface area (Å²) in [5, 5.41) is 18.6. The Labute approximate surface area is 245 Å². The van der Waals surface area contributed by atoms with E-state index in [4.69, 9.17) is 28.3 Å². The lowest BCUT2D eigenvalue weighted by Gasteiger charge is -2.40. The second-order valence-corrected chi connectivity index (χ2v) is 12.0. The SMILES string of the molecule is C.O=C(O)c1ccc2c3n(nc2c1)[C@@H]1[C@H](C3)N(CC2CC2)[C@@]2(C(=O)Nc3cc(Cl)ccc32)[C@H]1c1ccnc(Cl)c1F. The normalized spacial score (nSPS) is 26.1. The van der Waals surface area contributed by atoms with E-state index in [-0.39, 0.29) is 30.1 Å². The molecule has 11 heteroatoms. The van der Waals surface area contributed by atoms with Crippen LogP contribution in [0.4, 0.5) is 10.1 Å². The van der Waals surface area contributed by atoms with Crippen molar-refractivity contribution in [3.8, 4) is 0 Å². The van der Waals surface area contributed by atoms with E-state index in [0.717, 1.165) is 29.5 Å². The monoisotopic (exact) mass is 593 g/mol. The lowest BCUT2D eigenvalue weighted by molar-refractivity contribution is -0.128. The minimum Gasteiger partial charge on any atom is -0.478 e. The highest BCUT2D eigenvalue weighted by atomic mass is 35.5. The molecule has 3 aliphatic heterocycles. The van der Waals surface area contributed by atoms with Gasteiger partial charge in [-0.25, -0.2) is 14.2 Å². The van der Waals surface area contributed by atoms with Crippen molar-refractivity contribution in [3.63, 3.8) is 0 Å². The minimum absolute atomic E-state index is 0. The van der Waals surface area contributed by atoms with Crippen LogP contribution in [0.25, 0.3) is 10.9 Å². The third kappa shape index (κ3) is 3.49. The maximum absolute atomic E-state index is 16.0. The van der Waals surface area contributed by atoms with Gasteiger partial charge in [0, 0.05) is 64.0 Å². The molecule has 0 bridgehead atoms. The van der Waals surface area contributed by atoms with Crippen LogP contribution in [0.3, 0.4) is 0 Å². The number of amides is 1. The van der Waals surface area contributed by atoms with Gasteiger partial charge < -0.3 is 10.4 Å². The fourth-order valence-electron chi connectivity index (χ4n) is 7.39. The first kappa shape index (κ1) is 26.4. The number of anilines is 1. The number of pyridine rings is 1. The number of carboxylic acid groups (broad SMARTS) is 1. The van der Waals surface area contributed by atoms with Crippen LogP contribution in [0.2, 0.25) is 10.2 Å². The molecule has 4 aromatic rings. The summed E-state index contributed by atoms with van der Waals surface area (Å²) in [5.41, 5.74) is 2.07. The number of benzene rings is 2. The summed E-state index contributed by atoms with van der Waals surface area (Å²) in [6.45, 7) is 0.680. The van der Waals surface area contributed by atoms with Gasteiger partial charge >= 0.3 is 5.97 Å². The predicted molar refractivity (Wildman–Crippen MR) is 153 cm³/mol. The third-order valence-corrected chi connectivity index (χ3v) is 9.62. The smallest absolute Gasteiger partial charge is 0.335 e. The summed E-state index contributed by atoms with van der Waals surface area (Å²) in [6.07, 6.45) is 4.20. The maximum Gasteiger partial charge on any atom is 0.335 e. The van der Waals surface area contributed by atoms with Crippen LogP contribution < -0.4 is 5.32 Å². The van der Waals surface area contributed by atoms with Crippen molar-refractivity contribution in [1.29, 1.82) is 0 Å². The Hall–Kier alpha value is -3.53. The zero-order valence-electron chi connectivity index (χ0n) is 20.9. The Kier molecular flexibility index (Phi) is 5.78. The number of fused-ring (bicyclic) bond motifs is 7. The van der Waals surface area contributed by atoms with Gasteiger partial charge in [-0.3, -0.25) is 14.4 Å². The van der Waals surface area contributed by atoms with E-state index in [1.807, 2.05) is 10.7 Å². The Balaban J connectivity index is 0.00000276. The summed E-state index contributed by atoms with van der Waals surface area (Å²) in [6, 6.07) is 11.3. The average Bonchev–Trinajstić information content (AvgIpc) is 3.37. The molecular weight excluding hydrogens is 568 g/mol. The van der Waals surface area contributed by atoms with Crippen LogP contribution >= 0.6 is 23.2 Å². The van der Waals surface area contributed by atoms with Gasteiger partial charge in [0.05, 0.1) is 17.1 Å². The van der Waals surface area contributed by atoms with E-state index < -0.39 is 29.3 Å². The molecular formula is C30H26Cl2FN5O3. The number of aromatic carboxylic acids is 1. The molecule has 0 radical (unpaired) electrons. The van der Waals surface area contributed by atoms with E-state index in [1.165, 1.54) is 6.20 Å². The number of nitrogens with zero attached hydrogens (tertiary/aromatic N) is 4. The molecule has 4 aliphatic rings. The molecule has 1 spiro atoms. The second kappa shape index (κ2) is 8.98. The highest BCUT2D eigenvalue weighted by Gasteiger charge is 2.69. The molecule has 1 saturated carbocycles. The standard InChI is InChI=1S/C29H22Cl2FN5O3.CH4/c30-15-4-6-18-20(10-15)34-28(40)29(18)23(17-7-8-33-26(31)24(17)32)25-22(36(29)12-13-1-2-13)11-21-16-5-3-14(27(38)39)9-19(16)35-37(21)25;/h3-10,13,22-23,25H,1-2,11-12H2,(H,34,40)(H,38,39);1H4/t22-,23-,25+,29+;/m0./s1. The van der Waals surface area contributed by atoms with Gasteiger partial charge in [0.1, 0.15) is 5.54 Å². The van der Waals surface area contributed by atoms with Crippen LogP contribution in [0.15, 0.2) is 48.7 Å². The van der Waals surface area contributed by atoms with Crippen molar-refractivity contribution in [2.75, 3.05) is 11.9 Å². The van der Waals surface area contributed by atoms with Gasteiger partial charge in [0.25, 0.3) is 0 Å². The topological polar surface area (TPSA) is 100 Å². The number of halogens is 3. The molecule has 8 nitrogen and oxygen atoms in total. The average molecular weight is 594 g/mol. The molecule has 2 fully saturated rings. The van der Waals surface area contributed by atoms with E-state index in [2.05, 4.69) is 15.2 Å². The molecule has 1 saturated heterocycles. The van der Waals surface area contributed by atoms with Gasteiger partial charge in [0.15, 0.2) is 11.0 Å². The van der Waals surface area contributed by atoms with E-state index in [9.17, 15) is 14.7 Å². The molecule has 2 aromatic carbocycles. The Morgan fingerprint density at radius 2 is 1.98 bits per heavy atom. The molecule has 1 aliphatic carbocycles. The summed E-state index contributed by atoms with van der Waals surface area (Å²) >= 11 is 12.6. The van der Waals surface area contributed by atoms with Crippen LogP contribution in [0, 0.1) is 11.7 Å². The van der Waals surface area contributed by atoms with Crippen molar-refractivity contribution in [1.82, 2.24) is 19.7 Å². The molecule has 210 valence electrons. The number of rotatable bonds is 4. The summed E-state index contributed by atoms with van der Waals surface area (Å²) in [5.74, 6) is -2.19. The quantitative estimate of drug-likeness (QED) is 0.280. The number of aromatic nitrogens is 3. The fraction of sp³-hybridized carbons (Fsp3) is 0.333. The van der Waals surface area contributed by atoms with Gasteiger partial charge in [-0.2, -0.15) is 5.10 Å². The van der Waals surface area contributed by atoms with Crippen molar-refractivity contribution in [2.24, 2.45) is 5.92 Å². The molecule has 2 aromatic heterocycles. The number of likely N-dealkylation sites (tertiary alicyclic amines) is 1. The zero-order chi connectivity index (χ0) is 27.5. The molecule has 4 atom stereocenters. The first-order chi connectivity index (χ1) is 19.3. The van der Waals surface area contributed by atoms with Crippen LogP contribution in [0.5, 0.6) is 0 Å². The van der Waals surface area contributed by atoms with Crippen molar-refractivity contribution >= 4 is 51.7 Å². The van der Waals surface area contributed by atoms with Crippen LogP contribution in [-0.2, 0) is 16.8 Å². The molecule has 0 unspecified atom stereocenters. The maximum atomic E-state index is 16.0. The molecule has 8 rings (SSSR count). The molecule has 41 heavy (non-hydrogen) atoms. The first-order valence-electron chi connectivity index (χ1n) is 13.2. The predicted octanol–water partition coefficient (Wildman–Crippen LogP) is 6.03. The van der Waals surface area contributed by atoms with Crippen molar-refractivity contribution in [3.05, 3.63) is 87.0 Å². The van der Waals surface area contributed by atoms with Crippen molar-refractivity contribution < 1.29 is 19.1 Å². The Morgan fingerprint density at radius 1 is 1.17 bits per heavy atom. The van der Waals surface area contributed by atoms with Gasteiger partial charge in [-0.15, -0.1) is 0 Å².